The van der Waals surface area contributed by atoms with Gasteiger partial charge in [-0.25, -0.2) is 14.6 Å². The van der Waals surface area contributed by atoms with Crippen LogP contribution in [0.5, 0.6) is 5.75 Å². The summed E-state index contributed by atoms with van der Waals surface area (Å²) in [4.78, 5) is 26.3. The van der Waals surface area contributed by atoms with Gasteiger partial charge in [-0.2, -0.15) is 5.26 Å². The van der Waals surface area contributed by atoms with Crippen molar-refractivity contribution in [2.75, 3.05) is 11.9 Å². The lowest BCUT2D eigenvalue weighted by atomic mass is 10.1. The number of nitrogens with zero attached hydrogens (tertiary/aromatic N) is 7. The van der Waals surface area contributed by atoms with Crippen molar-refractivity contribution in [2.45, 2.75) is 19.9 Å². The second kappa shape index (κ2) is 11.7. The van der Waals surface area contributed by atoms with E-state index < -0.39 is 5.91 Å². The quantitative estimate of drug-likeness (QED) is 0.307. The highest BCUT2D eigenvalue weighted by atomic mass is 16.5. The maximum atomic E-state index is 12.6. The molecule has 3 heterocycles. The minimum absolute atomic E-state index is 0.0818. The minimum Gasteiger partial charge on any atom is -0.484 e. The van der Waals surface area contributed by atoms with Crippen molar-refractivity contribution < 1.29 is 9.53 Å². The van der Waals surface area contributed by atoms with Crippen LogP contribution >= 0.6 is 0 Å². The van der Waals surface area contributed by atoms with Crippen molar-refractivity contribution >= 4 is 11.9 Å². The molecule has 5 aromatic rings. The van der Waals surface area contributed by atoms with Gasteiger partial charge >= 0.3 is 0 Å². The zero-order valence-electron chi connectivity index (χ0n) is 21.2. The fourth-order valence-corrected chi connectivity index (χ4v) is 3.83. The number of pyridine rings is 1. The Bertz CT molecular complexity index is 1640. The van der Waals surface area contributed by atoms with Crippen LogP contribution in [0.1, 0.15) is 23.9 Å². The molecule has 0 aliphatic carbocycles. The van der Waals surface area contributed by atoms with Gasteiger partial charge < -0.3 is 4.74 Å². The molecule has 192 valence electrons. The van der Waals surface area contributed by atoms with Crippen LogP contribution in [0.2, 0.25) is 0 Å². The van der Waals surface area contributed by atoms with Crippen molar-refractivity contribution in [3.8, 4) is 34.5 Å². The van der Waals surface area contributed by atoms with Gasteiger partial charge in [0.05, 0.1) is 41.5 Å². The highest BCUT2D eigenvalue weighted by Gasteiger charge is 2.15. The van der Waals surface area contributed by atoms with Gasteiger partial charge in [0.15, 0.2) is 6.61 Å². The van der Waals surface area contributed by atoms with Crippen LogP contribution in [0.25, 0.3) is 22.6 Å². The van der Waals surface area contributed by atoms with Crippen LogP contribution in [0, 0.1) is 11.3 Å². The second-order valence-electron chi connectivity index (χ2n) is 8.58. The molecule has 3 aromatic heterocycles. The van der Waals surface area contributed by atoms with Gasteiger partial charge in [0.1, 0.15) is 11.4 Å². The molecular weight excluding hydrogens is 492 g/mol. The molecule has 0 saturated heterocycles. The summed E-state index contributed by atoms with van der Waals surface area (Å²) in [6.45, 7) is 2.29. The topological polar surface area (TPSA) is 132 Å². The van der Waals surface area contributed by atoms with E-state index in [9.17, 15) is 10.1 Å². The molecule has 0 fully saturated rings. The van der Waals surface area contributed by atoms with Gasteiger partial charge in [-0.15, -0.1) is 5.10 Å². The molecule has 0 unspecified atom stereocenters. The van der Waals surface area contributed by atoms with Crippen LogP contribution in [0.4, 0.5) is 5.95 Å². The first-order valence-electron chi connectivity index (χ1n) is 12.3. The lowest BCUT2D eigenvalue weighted by Gasteiger charge is -2.09. The van der Waals surface area contributed by atoms with E-state index in [2.05, 4.69) is 43.6 Å². The Morgan fingerprint density at radius 1 is 0.923 bits per heavy atom. The summed E-state index contributed by atoms with van der Waals surface area (Å²) in [6.07, 6.45) is 2.61. The normalized spacial score (nSPS) is 10.6. The first-order chi connectivity index (χ1) is 19.1. The van der Waals surface area contributed by atoms with Gasteiger partial charge in [-0.3, -0.25) is 15.1 Å². The van der Waals surface area contributed by atoms with E-state index in [4.69, 9.17) is 4.74 Å². The molecule has 1 amide bonds. The number of nitrogens with one attached hydrogen (secondary N) is 1. The van der Waals surface area contributed by atoms with Crippen molar-refractivity contribution in [3.63, 3.8) is 0 Å². The van der Waals surface area contributed by atoms with Crippen molar-refractivity contribution in [1.82, 2.24) is 29.9 Å². The van der Waals surface area contributed by atoms with Crippen LogP contribution in [-0.4, -0.2) is 42.5 Å². The molecule has 1 N–H and O–H groups in total. The Hall–Kier alpha value is -5.43. The molecule has 2 aromatic carbocycles. The maximum absolute atomic E-state index is 12.6. The van der Waals surface area contributed by atoms with Crippen molar-refractivity contribution in [2.24, 2.45) is 0 Å². The number of anilines is 1. The Morgan fingerprint density at radius 2 is 1.72 bits per heavy atom. The predicted molar refractivity (Wildman–Crippen MR) is 144 cm³/mol. The summed E-state index contributed by atoms with van der Waals surface area (Å²) in [7, 11) is 0. The van der Waals surface area contributed by atoms with Gasteiger partial charge in [0.2, 0.25) is 5.95 Å². The Morgan fingerprint density at radius 3 is 2.54 bits per heavy atom. The smallest absolute Gasteiger partial charge is 0.264 e. The van der Waals surface area contributed by atoms with E-state index in [1.54, 1.807) is 47.3 Å². The standard InChI is InChI=1S/C29H24N8O2/c1-2-22-10-7-11-23(31-22)17-37-18-27(35-36-37)26-15-25(21-9-6-8-20(14-21)16-30)32-29(33-26)34-28(38)19-39-24-12-4-3-5-13-24/h3-15,18H,2,17,19H2,1H3,(H,32,33,34,38). The van der Waals surface area contributed by atoms with E-state index in [0.717, 1.165) is 17.8 Å². The van der Waals surface area contributed by atoms with Crippen LogP contribution in [-0.2, 0) is 17.8 Å². The average molecular weight is 517 g/mol. The number of carbonyl (C=O) groups excluding carboxylic acids is 1. The van der Waals surface area contributed by atoms with Crippen LogP contribution < -0.4 is 10.1 Å². The molecule has 0 bridgehead atoms. The van der Waals surface area contributed by atoms with E-state index in [1.165, 1.54) is 0 Å². The molecule has 0 atom stereocenters. The van der Waals surface area contributed by atoms with E-state index in [-0.39, 0.29) is 12.6 Å². The number of carbonyl (C=O) groups is 1. The van der Waals surface area contributed by atoms with E-state index in [1.807, 2.05) is 42.5 Å². The molecule has 0 saturated carbocycles. The van der Waals surface area contributed by atoms with E-state index >= 15 is 0 Å². The van der Waals surface area contributed by atoms with E-state index in [0.29, 0.717) is 40.5 Å². The number of amides is 1. The number of hydrogen-bond acceptors (Lipinski definition) is 8. The minimum atomic E-state index is -0.418. The molecule has 0 aliphatic heterocycles. The van der Waals surface area contributed by atoms with Crippen molar-refractivity contribution in [1.29, 1.82) is 5.26 Å². The number of para-hydroxylation sites is 1. The third-order valence-corrected chi connectivity index (χ3v) is 5.73. The molecule has 39 heavy (non-hydrogen) atoms. The molecule has 0 aliphatic rings. The number of nitriles is 1. The van der Waals surface area contributed by atoms with Gasteiger partial charge in [-0.05, 0) is 48.9 Å². The summed E-state index contributed by atoms with van der Waals surface area (Å²) in [5.74, 6) is 0.239. The summed E-state index contributed by atoms with van der Waals surface area (Å²) < 4.78 is 7.22. The van der Waals surface area contributed by atoms with Crippen LogP contribution in [0.15, 0.2) is 85.1 Å². The second-order valence-corrected chi connectivity index (χ2v) is 8.58. The lowest BCUT2D eigenvalue weighted by Crippen LogP contribution is -2.21. The molecule has 5 rings (SSSR count). The Labute approximate surface area is 225 Å². The number of rotatable bonds is 9. The number of ether oxygens (including phenoxy) is 1. The predicted octanol–water partition coefficient (Wildman–Crippen LogP) is 4.30. The van der Waals surface area contributed by atoms with Gasteiger partial charge in [-0.1, -0.05) is 48.5 Å². The lowest BCUT2D eigenvalue weighted by molar-refractivity contribution is -0.118. The van der Waals surface area contributed by atoms with Crippen LogP contribution in [0.3, 0.4) is 0 Å². The number of aromatic nitrogens is 6. The average Bonchev–Trinajstić information content (AvgIpc) is 3.45. The third-order valence-electron chi connectivity index (χ3n) is 5.73. The number of aryl methyl sites for hydroxylation is 1. The maximum Gasteiger partial charge on any atom is 0.264 e. The molecule has 0 radical (unpaired) electrons. The zero-order valence-corrected chi connectivity index (χ0v) is 21.2. The summed E-state index contributed by atoms with van der Waals surface area (Å²) in [6, 6.07) is 25.9. The summed E-state index contributed by atoms with van der Waals surface area (Å²) >= 11 is 0. The van der Waals surface area contributed by atoms with Gasteiger partial charge in [0, 0.05) is 11.3 Å². The molecular formula is C29H24N8O2. The van der Waals surface area contributed by atoms with Crippen molar-refractivity contribution in [3.05, 3.63) is 102 Å². The van der Waals surface area contributed by atoms with Gasteiger partial charge in [0.25, 0.3) is 5.91 Å². The monoisotopic (exact) mass is 516 g/mol. The molecule has 10 heteroatoms. The summed E-state index contributed by atoms with van der Waals surface area (Å²) in [5.41, 5.74) is 4.53. The zero-order chi connectivity index (χ0) is 27.0. The largest absolute Gasteiger partial charge is 0.484 e. The molecule has 10 nitrogen and oxygen atoms in total. The highest BCUT2D eigenvalue weighted by Crippen LogP contribution is 2.25. The first-order valence-corrected chi connectivity index (χ1v) is 12.3. The number of hydrogen-bond donors (Lipinski definition) is 1. The third kappa shape index (κ3) is 6.47. The number of benzene rings is 2. The summed E-state index contributed by atoms with van der Waals surface area (Å²) in [5, 5.41) is 20.6. The first kappa shape index (κ1) is 25.2. The molecule has 0 spiro atoms. The fraction of sp³-hybridized carbons (Fsp3) is 0.138. The Balaban J connectivity index is 1.42. The SMILES string of the molecule is CCc1cccc(Cn2cc(-c3cc(-c4cccc(C#N)c4)nc(NC(=O)COc4ccccc4)n3)nn2)n1. The Kier molecular flexibility index (Phi) is 7.60. The fourth-order valence-electron chi connectivity index (χ4n) is 3.83. The highest BCUT2D eigenvalue weighted by molar-refractivity contribution is 5.90.